The number of rotatable bonds is 6. The van der Waals surface area contributed by atoms with Gasteiger partial charge in [-0.05, 0) is 92.1 Å². The van der Waals surface area contributed by atoms with Gasteiger partial charge in [-0.25, -0.2) is 8.78 Å². The van der Waals surface area contributed by atoms with Crippen molar-refractivity contribution in [3.8, 4) is 16.9 Å². The molecule has 1 aromatic heterocycles. The molecule has 0 radical (unpaired) electrons. The monoisotopic (exact) mass is 430 g/mol. The van der Waals surface area contributed by atoms with Gasteiger partial charge >= 0.3 is 0 Å². The van der Waals surface area contributed by atoms with Crippen LogP contribution in [0.3, 0.4) is 0 Å². The van der Waals surface area contributed by atoms with Gasteiger partial charge in [-0.1, -0.05) is 29.4 Å². The highest BCUT2D eigenvalue weighted by Crippen LogP contribution is 2.30. The molecular formula is C27H24F2N2O. The van der Waals surface area contributed by atoms with Crippen LogP contribution in [-0.2, 0) is 11.4 Å². The van der Waals surface area contributed by atoms with E-state index in [0.717, 1.165) is 45.0 Å². The van der Waals surface area contributed by atoms with Crippen molar-refractivity contribution in [3.05, 3.63) is 113 Å². The zero-order chi connectivity index (χ0) is 22.7. The molecule has 0 aliphatic heterocycles. The highest BCUT2D eigenvalue weighted by molar-refractivity contribution is 6.01. The number of hydrogen-bond acceptors (Lipinski definition) is 2. The smallest absolute Gasteiger partial charge is 0.142 e. The maximum atomic E-state index is 13.5. The Morgan fingerprint density at radius 3 is 2.16 bits per heavy atom. The van der Waals surface area contributed by atoms with E-state index in [9.17, 15) is 8.78 Å². The van der Waals surface area contributed by atoms with Gasteiger partial charge in [-0.15, -0.1) is 0 Å². The van der Waals surface area contributed by atoms with Crippen molar-refractivity contribution in [1.82, 2.24) is 4.57 Å². The summed E-state index contributed by atoms with van der Waals surface area (Å²) < 4.78 is 29.0. The Balaban J connectivity index is 1.72. The largest absolute Gasteiger partial charge is 0.391 e. The molecule has 1 heterocycles. The van der Waals surface area contributed by atoms with E-state index in [1.807, 2.05) is 55.7 Å². The molecule has 0 saturated carbocycles. The number of hydrogen-bond donors (Lipinski definition) is 0. The Morgan fingerprint density at radius 1 is 0.875 bits per heavy atom. The van der Waals surface area contributed by atoms with E-state index in [2.05, 4.69) is 5.16 Å². The Morgan fingerprint density at radius 2 is 1.50 bits per heavy atom. The van der Waals surface area contributed by atoms with E-state index < -0.39 is 0 Å². The first-order chi connectivity index (χ1) is 15.4. The van der Waals surface area contributed by atoms with E-state index in [1.165, 1.54) is 24.3 Å². The predicted molar refractivity (Wildman–Crippen MR) is 124 cm³/mol. The first-order valence-electron chi connectivity index (χ1n) is 10.4. The van der Waals surface area contributed by atoms with Crippen LogP contribution in [0.25, 0.3) is 16.9 Å². The fourth-order valence-corrected chi connectivity index (χ4v) is 3.75. The number of halogens is 2. The lowest BCUT2D eigenvalue weighted by molar-refractivity contribution is 0.130. The zero-order valence-corrected chi connectivity index (χ0v) is 18.3. The van der Waals surface area contributed by atoms with Crippen molar-refractivity contribution in [1.29, 1.82) is 0 Å². The predicted octanol–water partition coefficient (Wildman–Crippen LogP) is 6.98. The highest BCUT2D eigenvalue weighted by Gasteiger charge is 2.17. The molecule has 5 heteroatoms. The van der Waals surface area contributed by atoms with E-state index in [1.54, 1.807) is 24.3 Å². The zero-order valence-electron chi connectivity index (χ0n) is 18.3. The Labute approximate surface area is 186 Å². The minimum atomic E-state index is -0.301. The van der Waals surface area contributed by atoms with Crippen LogP contribution >= 0.6 is 0 Å². The number of benzene rings is 3. The quantitative estimate of drug-likeness (QED) is 0.239. The molecule has 0 amide bonds. The van der Waals surface area contributed by atoms with Crippen molar-refractivity contribution in [2.24, 2.45) is 5.16 Å². The molecule has 0 aliphatic carbocycles. The van der Waals surface area contributed by atoms with Gasteiger partial charge in [-0.3, -0.25) is 0 Å². The molecule has 0 N–H and O–H groups in total. The average molecular weight is 430 g/mol. The van der Waals surface area contributed by atoms with E-state index in [4.69, 9.17) is 4.84 Å². The first-order valence-corrected chi connectivity index (χ1v) is 10.4. The van der Waals surface area contributed by atoms with Crippen LogP contribution in [0, 0.1) is 25.5 Å². The summed E-state index contributed by atoms with van der Waals surface area (Å²) in [4.78, 5) is 5.64. The Kier molecular flexibility index (Phi) is 6.17. The maximum Gasteiger partial charge on any atom is 0.142 e. The number of aromatic nitrogens is 1. The van der Waals surface area contributed by atoms with Crippen LogP contribution in [0.2, 0.25) is 0 Å². The molecule has 0 aliphatic rings. The summed E-state index contributed by atoms with van der Waals surface area (Å²) in [6.07, 6.45) is 0. The SMILES string of the molecule is C/C(=N\OCc1ccccc1C)c1cc(-c2ccc(F)cc2)n(-c2ccc(F)cc2)c1C. The molecule has 0 atom stereocenters. The van der Waals surface area contributed by atoms with E-state index in [-0.39, 0.29) is 11.6 Å². The molecule has 3 aromatic carbocycles. The van der Waals surface area contributed by atoms with Crippen molar-refractivity contribution < 1.29 is 13.6 Å². The van der Waals surface area contributed by atoms with Gasteiger partial charge < -0.3 is 9.40 Å². The molecule has 0 unspecified atom stereocenters. The average Bonchev–Trinajstić information content (AvgIpc) is 3.13. The fourth-order valence-electron chi connectivity index (χ4n) is 3.75. The molecule has 0 spiro atoms. The summed E-state index contributed by atoms with van der Waals surface area (Å²) in [6, 6.07) is 22.6. The minimum Gasteiger partial charge on any atom is -0.391 e. The topological polar surface area (TPSA) is 26.5 Å². The van der Waals surface area contributed by atoms with Gasteiger partial charge in [0.15, 0.2) is 0 Å². The summed E-state index contributed by atoms with van der Waals surface area (Å²) in [7, 11) is 0. The summed E-state index contributed by atoms with van der Waals surface area (Å²) in [5.41, 5.74) is 7.30. The van der Waals surface area contributed by atoms with Crippen molar-refractivity contribution in [3.63, 3.8) is 0 Å². The van der Waals surface area contributed by atoms with Crippen LogP contribution in [0.15, 0.2) is 84.0 Å². The lowest BCUT2D eigenvalue weighted by atomic mass is 10.1. The van der Waals surface area contributed by atoms with Gasteiger partial charge in [0, 0.05) is 16.9 Å². The van der Waals surface area contributed by atoms with Gasteiger partial charge in [-0.2, -0.15) is 0 Å². The lowest BCUT2D eigenvalue weighted by Gasteiger charge is -2.12. The molecular weight excluding hydrogens is 406 g/mol. The summed E-state index contributed by atoms with van der Waals surface area (Å²) in [5, 5.41) is 4.34. The summed E-state index contributed by atoms with van der Waals surface area (Å²) >= 11 is 0. The third-order valence-corrected chi connectivity index (χ3v) is 5.54. The second-order valence-electron chi connectivity index (χ2n) is 7.72. The minimum absolute atomic E-state index is 0.298. The van der Waals surface area contributed by atoms with Crippen molar-refractivity contribution >= 4 is 5.71 Å². The maximum absolute atomic E-state index is 13.5. The Hall–Kier alpha value is -3.73. The second-order valence-corrected chi connectivity index (χ2v) is 7.72. The fraction of sp³-hybridized carbons (Fsp3) is 0.148. The normalized spacial score (nSPS) is 11.6. The first kappa shape index (κ1) is 21.5. The number of oxime groups is 1. The van der Waals surface area contributed by atoms with Crippen LogP contribution in [0.1, 0.15) is 29.3 Å². The molecule has 0 fully saturated rings. The van der Waals surface area contributed by atoms with E-state index >= 15 is 0 Å². The molecule has 162 valence electrons. The van der Waals surface area contributed by atoms with Gasteiger partial charge in [0.05, 0.1) is 11.4 Å². The number of nitrogens with zero attached hydrogens (tertiary/aromatic N) is 2. The molecule has 0 saturated heterocycles. The standard InChI is InChI=1S/C27H24F2N2O/c1-18-6-4-5-7-22(18)17-32-30-19(2)26-16-27(21-8-10-23(28)11-9-21)31(20(26)3)25-14-12-24(29)13-15-25/h4-16H,17H2,1-3H3/b30-19+. The van der Waals surface area contributed by atoms with Crippen molar-refractivity contribution in [2.75, 3.05) is 0 Å². The van der Waals surface area contributed by atoms with Gasteiger partial charge in [0.25, 0.3) is 0 Å². The third-order valence-electron chi connectivity index (χ3n) is 5.54. The third kappa shape index (κ3) is 4.47. The molecule has 3 nitrogen and oxygen atoms in total. The van der Waals surface area contributed by atoms with E-state index in [0.29, 0.717) is 6.61 Å². The highest BCUT2D eigenvalue weighted by atomic mass is 19.1. The lowest BCUT2D eigenvalue weighted by Crippen LogP contribution is -2.03. The van der Waals surface area contributed by atoms with Gasteiger partial charge in [0.2, 0.25) is 0 Å². The molecule has 0 bridgehead atoms. The van der Waals surface area contributed by atoms with Crippen LogP contribution in [0.4, 0.5) is 8.78 Å². The van der Waals surface area contributed by atoms with Crippen LogP contribution < -0.4 is 0 Å². The summed E-state index contributed by atoms with van der Waals surface area (Å²) in [6.45, 7) is 6.29. The van der Waals surface area contributed by atoms with Crippen LogP contribution in [0.5, 0.6) is 0 Å². The number of aryl methyl sites for hydroxylation is 1. The summed E-state index contributed by atoms with van der Waals surface area (Å²) in [5.74, 6) is -0.600. The molecule has 4 aromatic rings. The molecule has 32 heavy (non-hydrogen) atoms. The Bertz CT molecular complexity index is 1260. The van der Waals surface area contributed by atoms with Crippen molar-refractivity contribution in [2.45, 2.75) is 27.4 Å². The van der Waals surface area contributed by atoms with Crippen LogP contribution in [-0.4, -0.2) is 10.3 Å². The second kappa shape index (κ2) is 9.18. The molecule has 4 rings (SSSR count). The van der Waals surface area contributed by atoms with Gasteiger partial charge in [0.1, 0.15) is 18.2 Å².